The van der Waals surface area contributed by atoms with Crippen molar-refractivity contribution in [2.45, 2.75) is 0 Å². The van der Waals surface area contributed by atoms with Crippen LogP contribution >= 0.6 is 0 Å². The number of hydrogen-bond acceptors (Lipinski definition) is 5. The average Bonchev–Trinajstić information content (AvgIpc) is 2.79. The summed E-state index contributed by atoms with van der Waals surface area (Å²) < 4.78 is 56.7. The van der Waals surface area contributed by atoms with Gasteiger partial charge in [0.15, 0.2) is 17.5 Å². The predicted octanol–water partition coefficient (Wildman–Crippen LogP) is 5.17. The van der Waals surface area contributed by atoms with Crippen molar-refractivity contribution in [1.82, 2.24) is 15.0 Å². The summed E-state index contributed by atoms with van der Waals surface area (Å²) >= 11 is 0. The molecule has 5 nitrogen and oxygen atoms in total. The fourth-order valence-electron chi connectivity index (χ4n) is 2.97. The van der Waals surface area contributed by atoms with E-state index in [0.717, 1.165) is 24.3 Å². The van der Waals surface area contributed by atoms with Crippen LogP contribution in [0, 0.1) is 45.9 Å². The van der Waals surface area contributed by atoms with Crippen molar-refractivity contribution in [3.63, 3.8) is 0 Å². The maximum atomic E-state index is 14.2. The third kappa shape index (κ3) is 3.75. The molecule has 0 radical (unpaired) electrons. The van der Waals surface area contributed by atoms with Crippen LogP contribution in [-0.4, -0.2) is 15.0 Å². The van der Waals surface area contributed by atoms with Crippen molar-refractivity contribution in [3.8, 4) is 46.3 Å². The van der Waals surface area contributed by atoms with E-state index in [9.17, 15) is 17.6 Å². The molecule has 3 aromatic carbocycles. The second-order valence-electron chi connectivity index (χ2n) is 6.53. The summed E-state index contributed by atoms with van der Waals surface area (Å²) in [5, 5.41) is 17.8. The van der Waals surface area contributed by atoms with Crippen LogP contribution in [0.25, 0.3) is 34.2 Å². The Labute approximate surface area is 178 Å². The molecule has 0 spiro atoms. The van der Waals surface area contributed by atoms with E-state index in [1.165, 1.54) is 12.1 Å². The lowest BCUT2D eigenvalue weighted by Gasteiger charge is -2.09. The number of rotatable bonds is 3. The summed E-state index contributed by atoms with van der Waals surface area (Å²) in [5.74, 6) is -4.71. The van der Waals surface area contributed by atoms with Gasteiger partial charge in [-0.2, -0.15) is 10.5 Å². The largest absolute Gasteiger partial charge is 0.208 e. The van der Waals surface area contributed by atoms with Gasteiger partial charge >= 0.3 is 0 Å². The second kappa shape index (κ2) is 8.25. The van der Waals surface area contributed by atoms with E-state index in [1.807, 2.05) is 0 Å². The molecule has 1 heterocycles. The van der Waals surface area contributed by atoms with Gasteiger partial charge in [-0.3, -0.25) is 0 Å². The van der Waals surface area contributed by atoms with E-state index in [0.29, 0.717) is 5.56 Å². The highest BCUT2D eigenvalue weighted by Crippen LogP contribution is 2.28. The molecular weight excluding hydrogens is 422 g/mol. The molecule has 9 heteroatoms. The van der Waals surface area contributed by atoms with Crippen LogP contribution in [-0.2, 0) is 0 Å². The van der Waals surface area contributed by atoms with E-state index in [-0.39, 0.29) is 28.6 Å². The molecule has 4 aromatic rings. The van der Waals surface area contributed by atoms with Crippen LogP contribution < -0.4 is 0 Å². The zero-order valence-electron chi connectivity index (χ0n) is 15.9. The number of hydrogen-bond donors (Lipinski definition) is 0. The molecule has 0 saturated heterocycles. The normalized spacial score (nSPS) is 10.4. The molecule has 0 aliphatic carbocycles. The summed E-state index contributed by atoms with van der Waals surface area (Å²) in [6.45, 7) is 0. The van der Waals surface area contributed by atoms with E-state index in [4.69, 9.17) is 10.5 Å². The van der Waals surface area contributed by atoms with Crippen molar-refractivity contribution >= 4 is 0 Å². The monoisotopic (exact) mass is 431 g/mol. The standard InChI is InChI=1S/C23H9F4N5/c24-17-6-13(7-18(25)15(17)10-28)22-30-21(12-4-2-1-3-5-12)31-23(32-22)14-8-19(26)16(11-29)20(27)9-14/h1-9H. The molecule has 0 fully saturated rings. The Bertz CT molecular complexity index is 1310. The molecule has 0 bridgehead atoms. The molecule has 32 heavy (non-hydrogen) atoms. The molecule has 1 aromatic heterocycles. The van der Waals surface area contributed by atoms with Gasteiger partial charge in [0, 0.05) is 16.7 Å². The highest BCUT2D eigenvalue weighted by molar-refractivity contribution is 5.67. The quantitative estimate of drug-likeness (QED) is 0.418. The lowest BCUT2D eigenvalue weighted by Crippen LogP contribution is -2.02. The van der Waals surface area contributed by atoms with Crippen molar-refractivity contribution in [2.24, 2.45) is 0 Å². The van der Waals surface area contributed by atoms with Gasteiger partial charge in [0.1, 0.15) is 46.5 Å². The first-order chi connectivity index (χ1) is 15.4. The molecule has 0 unspecified atom stereocenters. The van der Waals surface area contributed by atoms with Crippen molar-refractivity contribution < 1.29 is 17.6 Å². The number of benzene rings is 3. The summed E-state index contributed by atoms with van der Waals surface area (Å²) in [6.07, 6.45) is 0. The Morgan fingerprint density at radius 3 is 1.22 bits per heavy atom. The Kier molecular flexibility index (Phi) is 5.32. The first kappa shape index (κ1) is 20.6. The highest BCUT2D eigenvalue weighted by Gasteiger charge is 2.18. The van der Waals surface area contributed by atoms with Gasteiger partial charge in [-0.05, 0) is 24.3 Å². The fraction of sp³-hybridized carbons (Fsp3) is 0. The van der Waals surface area contributed by atoms with E-state index >= 15 is 0 Å². The third-order valence-electron chi connectivity index (χ3n) is 4.49. The van der Waals surface area contributed by atoms with Crippen LogP contribution in [0.2, 0.25) is 0 Å². The van der Waals surface area contributed by atoms with Gasteiger partial charge < -0.3 is 0 Å². The summed E-state index contributed by atoms with van der Waals surface area (Å²) in [5.41, 5.74) is -1.21. The first-order valence-corrected chi connectivity index (χ1v) is 9.01. The summed E-state index contributed by atoms with van der Waals surface area (Å²) in [4.78, 5) is 12.6. The molecule has 0 atom stereocenters. The minimum Gasteiger partial charge on any atom is -0.208 e. The molecule has 4 rings (SSSR count). The van der Waals surface area contributed by atoms with E-state index in [1.54, 1.807) is 30.3 Å². The minimum atomic E-state index is -1.11. The Balaban J connectivity index is 1.97. The van der Waals surface area contributed by atoms with Gasteiger partial charge in [0.2, 0.25) is 0 Å². The maximum Gasteiger partial charge on any atom is 0.164 e. The fourth-order valence-corrected chi connectivity index (χ4v) is 2.97. The van der Waals surface area contributed by atoms with Crippen LogP contribution in [0.1, 0.15) is 11.1 Å². The molecule has 0 amide bonds. The van der Waals surface area contributed by atoms with Crippen LogP contribution in [0.3, 0.4) is 0 Å². The summed E-state index contributed by atoms with van der Waals surface area (Å²) in [6, 6.07) is 14.9. The van der Waals surface area contributed by atoms with Crippen LogP contribution in [0.5, 0.6) is 0 Å². The van der Waals surface area contributed by atoms with Crippen LogP contribution in [0.15, 0.2) is 54.6 Å². The molecule has 154 valence electrons. The predicted molar refractivity (Wildman–Crippen MR) is 105 cm³/mol. The number of nitrogens with zero attached hydrogens (tertiary/aromatic N) is 5. The number of nitriles is 2. The smallest absolute Gasteiger partial charge is 0.164 e. The van der Waals surface area contributed by atoms with Gasteiger partial charge in [-0.15, -0.1) is 0 Å². The zero-order chi connectivity index (χ0) is 22.8. The Hall–Kier alpha value is -4.63. The first-order valence-electron chi connectivity index (χ1n) is 9.01. The van der Waals surface area contributed by atoms with Gasteiger partial charge in [0.05, 0.1) is 0 Å². The maximum absolute atomic E-state index is 14.2. The topological polar surface area (TPSA) is 86.2 Å². The Morgan fingerprint density at radius 1 is 0.531 bits per heavy atom. The van der Waals surface area contributed by atoms with Crippen molar-refractivity contribution in [2.75, 3.05) is 0 Å². The molecule has 0 aliphatic rings. The van der Waals surface area contributed by atoms with Crippen molar-refractivity contribution in [3.05, 3.63) is 89.0 Å². The summed E-state index contributed by atoms with van der Waals surface area (Å²) in [7, 11) is 0. The van der Waals surface area contributed by atoms with Gasteiger partial charge in [-0.25, -0.2) is 32.5 Å². The lowest BCUT2D eigenvalue weighted by atomic mass is 10.1. The Morgan fingerprint density at radius 2 is 0.875 bits per heavy atom. The minimum absolute atomic E-state index is 0.0842. The molecule has 0 N–H and O–H groups in total. The van der Waals surface area contributed by atoms with Crippen LogP contribution in [0.4, 0.5) is 17.6 Å². The van der Waals surface area contributed by atoms with E-state index in [2.05, 4.69) is 15.0 Å². The number of aromatic nitrogens is 3. The molecule has 0 aliphatic heterocycles. The van der Waals surface area contributed by atoms with Gasteiger partial charge in [-0.1, -0.05) is 30.3 Å². The molecule has 0 saturated carbocycles. The SMILES string of the molecule is N#Cc1c(F)cc(-c2nc(-c3ccccc3)nc(-c3cc(F)c(C#N)c(F)c3)n2)cc1F. The number of halogens is 4. The zero-order valence-corrected chi connectivity index (χ0v) is 15.9. The molecular formula is C23H9F4N5. The van der Waals surface area contributed by atoms with E-state index < -0.39 is 34.4 Å². The second-order valence-corrected chi connectivity index (χ2v) is 6.53. The highest BCUT2D eigenvalue weighted by atomic mass is 19.1. The lowest BCUT2D eigenvalue weighted by molar-refractivity contribution is 0.577. The average molecular weight is 431 g/mol. The van der Waals surface area contributed by atoms with Crippen molar-refractivity contribution in [1.29, 1.82) is 10.5 Å². The third-order valence-corrected chi connectivity index (χ3v) is 4.49. The van der Waals surface area contributed by atoms with Gasteiger partial charge in [0.25, 0.3) is 0 Å².